The number of aromatic nitrogens is 5. The van der Waals surface area contributed by atoms with Gasteiger partial charge in [0.1, 0.15) is 23.5 Å². The number of amides is 2. The van der Waals surface area contributed by atoms with Gasteiger partial charge in [-0.3, -0.25) is 19.2 Å². The van der Waals surface area contributed by atoms with Crippen LogP contribution in [0.1, 0.15) is 103 Å². The summed E-state index contributed by atoms with van der Waals surface area (Å²) in [5.41, 5.74) is 9.28. The van der Waals surface area contributed by atoms with Crippen LogP contribution in [-0.4, -0.2) is 81.5 Å². The van der Waals surface area contributed by atoms with E-state index in [2.05, 4.69) is 58.7 Å². The summed E-state index contributed by atoms with van der Waals surface area (Å²) in [5, 5.41) is 9.01. The number of carbonyl (C=O) groups excluding carboxylic acids is 2. The first kappa shape index (κ1) is 42.6. The minimum atomic E-state index is -2.31. The van der Waals surface area contributed by atoms with E-state index in [-0.39, 0.29) is 28.9 Å². The Kier molecular flexibility index (Phi) is 9.67. The highest BCUT2D eigenvalue weighted by atomic mass is 32.2. The number of benzene rings is 3. The first-order chi connectivity index (χ1) is 31.4. The van der Waals surface area contributed by atoms with E-state index >= 15 is 9.18 Å². The zero-order valence-corrected chi connectivity index (χ0v) is 39.0. The topological polar surface area (TPSA) is 159 Å². The molecule has 2 amide bonds. The highest BCUT2D eigenvalue weighted by molar-refractivity contribution is 7.93. The van der Waals surface area contributed by atoms with E-state index in [0.29, 0.717) is 89.3 Å². The van der Waals surface area contributed by atoms with E-state index in [4.69, 9.17) is 14.7 Å². The van der Waals surface area contributed by atoms with E-state index in [1.165, 1.54) is 5.56 Å². The molecule has 0 bridgehead atoms. The van der Waals surface area contributed by atoms with Gasteiger partial charge in [0.2, 0.25) is 0 Å². The third kappa shape index (κ3) is 6.75. The molecule has 3 aromatic heterocycles. The molecule has 15 nitrogen and oxygen atoms in total. The predicted molar refractivity (Wildman–Crippen MR) is 248 cm³/mol. The second-order valence-electron chi connectivity index (χ2n) is 19.7. The largest absolute Gasteiger partial charge is 0.427 e. The number of hydroxylamine groups is 1. The number of hydrogen-bond acceptors (Lipinski definition) is 9. The number of imidazole rings is 1. The molecule has 3 fully saturated rings. The maximum absolute atomic E-state index is 15.6. The van der Waals surface area contributed by atoms with E-state index in [1.54, 1.807) is 70.6 Å². The smallest absolute Gasteiger partial charge is 0.376 e. The average molecular weight is 916 g/mol. The summed E-state index contributed by atoms with van der Waals surface area (Å²) in [4.78, 5) is 50.0. The fraction of sp³-hybridized carbons (Fsp3) is 0.429. The third-order valence-electron chi connectivity index (χ3n) is 14.8. The molecular formula is C49H54FN9O6S. The number of nitrogens with zero attached hydrogens (tertiary/aromatic N) is 7. The molecule has 4 aliphatic heterocycles. The molecule has 1 aliphatic carbocycles. The van der Waals surface area contributed by atoms with Crippen LogP contribution in [0.15, 0.2) is 76.1 Å². The van der Waals surface area contributed by atoms with Crippen molar-refractivity contribution >= 4 is 38.3 Å². The van der Waals surface area contributed by atoms with Crippen molar-refractivity contribution in [2.24, 2.45) is 10.3 Å². The lowest BCUT2D eigenvalue weighted by Crippen LogP contribution is -2.49. The molecule has 344 valence electrons. The first-order valence-corrected chi connectivity index (χ1v) is 24.9. The van der Waals surface area contributed by atoms with Crippen molar-refractivity contribution in [3.63, 3.8) is 0 Å². The second kappa shape index (κ2) is 15.0. The molecule has 0 spiro atoms. The number of rotatable bonds is 7. The number of carbonyl (C=O) groups is 2. The lowest BCUT2D eigenvalue weighted by molar-refractivity contribution is -0.0592. The highest BCUT2D eigenvalue weighted by Gasteiger charge is 2.62. The standard InChI is InChI=1S/C49H54FN9O6S/c1-27-20-36(21-28(2)42(27)50)59-43(57-17-16-56(47(57)62)35-9-10-37-32(23-35)14-19-66(7,63)54-37)41-30(4)55(15-12-38(41)52-59)44(60)40-24-34-22-31(33-13-18-64-48(5,6)26-33)8-11-39(34)58(40)49(25-29(49)3)45-51-46(61)65-53-45/h8-11,16-17,20-24,29-30,33,45,53H,12-15,18-19,25-26H2,1-7H3,(H,51,61)/t29-,30-,33-,45?,49-,66+/m0/s1. The van der Waals surface area contributed by atoms with Gasteiger partial charge in [-0.1, -0.05) is 13.0 Å². The van der Waals surface area contributed by atoms with Gasteiger partial charge >= 0.3 is 11.8 Å². The van der Waals surface area contributed by atoms with Crippen molar-refractivity contribution < 1.29 is 27.8 Å². The van der Waals surface area contributed by atoms with Crippen LogP contribution in [0.2, 0.25) is 0 Å². The number of nitrogens with one attached hydrogen (secondary N) is 2. The normalized spacial score (nSPS) is 26.7. The van der Waals surface area contributed by atoms with E-state index in [9.17, 15) is 13.8 Å². The molecule has 6 atom stereocenters. The summed E-state index contributed by atoms with van der Waals surface area (Å²) in [6, 6.07) is 16.9. The molecule has 2 N–H and O–H groups in total. The summed E-state index contributed by atoms with van der Waals surface area (Å²) >= 11 is 0. The van der Waals surface area contributed by atoms with E-state index < -0.39 is 33.6 Å². The average Bonchev–Trinajstić information content (AvgIpc) is 3.77. The van der Waals surface area contributed by atoms with Crippen LogP contribution in [0.4, 0.5) is 14.9 Å². The molecule has 5 aliphatic rings. The summed E-state index contributed by atoms with van der Waals surface area (Å²) in [6.07, 6.45) is 7.37. The van der Waals surface area contributed by atoms with Crippen LogP contribution in [0, 0.1) is 25.6 Å². The molecule has 2 saturated heterocycles. The Hall–Kier alpha value is -6.04. The summed E-state index contributed by atoms with van der Waals surface area (Å²) in [6.45, 7) is 12.8. The quantitative estimate of drug-likeness (QED) is 0.166. The SMILES string of the molecule is Cc1cc(-n2nc3c(c2-n2ccn(-c4ccc5c(c4)CC[S@@](C)(=O)=N5)c2=O)[C@H](C)N(C(=O)c2cc4cc([C@H]5CCOC(C)(C)C5)ccc4n2[C@@]2(C4NOC(=O)N4)C[C@@H]2C)CC3)cc(C)c1F. The zero-order valence-electron chi connectivity index (χ0n) is 38.2. The van der Waals surface area contributed by atoms with Gasteiger partial charge in [0, 0.05) is 70.2 Å². The predicted octanol–water partition coefficient (Wildman–Crippen LogP) is 7.55. The number of hydrogen-bond donors (Lipinski definition) is 2. The van der Waals surface area contributed by atoms with Gasteiger partial charge in [-0.2, -0.15) is 9.46 Å². The van der Waals surface area contributed by atoms with Crippen LogP contribution >= 0.6 is 0 Å². The summed E-state index contributed by atoms with van der Waals surface area (Å²) in [7, 11) is -2.31. The van der Waals surface area contributed by atoms with Gasteiger partial charge in [0.05, 0.1) is 39.9 Å². The van der Waals surface area contributed by atoms with Crippen LogP contribution in [-0.2, 0) is 37.7 Å². The van der Waals surface area contributed by atoms with Crippen molar-refractivity contribution in [3.05, 3.63) is 122 Å². The number of aryl methyl sites for hydroxylation is 3. The molecule has 1 unspecified atom stereocenters. The minimum absolute atomic E-state index is 0.0846. The van der Waals surface area contributed by atoms with Gasteiger partial charge in [-0.25, -0.2) is 22.9 Å². The molecule has 17 heteroatoms. The molecule has 0 radical (unpaired) electrons. The molecule has 11 rings (SSSR count). The fourth-order valence-corrected chi connectivity index (χ4v) is 12.5. The fourth-order valence-electron chi connectivity index (χ4n) is 11.2. The van der Waals surface area contributed by atoms with Crippen LogP contribution in [0.25, 0.3) is 28.1 Å². The number of fused-ring (bicyclic) bond motifs is 3. The monoisotopic (exact) mass is 915 g/mol. The lowest BCUT2D eigenvalue weighted by Gasteiger charge is -2.36. The Morgan fingerprint density at radius 1 is 0.955 bits per heavy atom. The first-order valence-electron chi connectivity index (χ1n) is 22.8. The zero-order chi connectivity index (χ0) is 46.2. The Morgan fingerprint density at radius 3 is 2.42 bits per heavy atom. The van der Waals surface area contributed by atoms with Gasteiger partial charge in [0.25, 0.3) is 5.91 Å². The van der Waals surface area contributed by atoms with Crippen molar-refractivity contribution in [1.82, 2.24) is 39.2 Å². The maximum atomic E-state index is 15.6. The molecule has 6 aromatic rings. The Bertz CT molecular complexity index is 3220. The number of halogens is 1. The lowest BCUT2D eigenvalue weighted by atomic mass is 9.83. The van der Waals surface area contributed by atoms with Crippen molar-refractivity contribution in [2.75, 3.05) is 25.2 Å². The van der Waals surface area contributed by atoms with Gasteiger partial charge in [0.15, 0.2) is 0 Å². The van der Waals surface area contributed by atoms with Crippen molar-refractivity contribution in [2.45, 2.75) is 103 Å². The van der Waals surface area contributed by atoms with Gasteiger partial charge in [-0.15, -0.1) is 5.48 Å². The third-order valence-corrected chi connectivity index (χ3v) is 16.3. The van der Waals surface area contributed by atoms with E-state index in [1.807, 2.05) is 24.0 Å². The van der Waals surface area contributed by atoms with Crippen molar-refractivity contribution in [1.29, 1.82) is 0 Å². The molecule has 7 heterocycles. The van der Waals surface area contributed by atoms with Gasteiger partial charge < -0.3 is 19.0 Å². The van der Waals surface area contributed by atoms with E-state index in [0.717, 1.165) is 35.0 Å². The van der Waals surface area contributed by atoms with Crippen molar-refractivity contribution in [3.8, 4) is 17.2 Å². The molecular weight excluding hydrogens is 862 g/mol. The molecule has 1 saturated carbocycles. The van der Waals surface area contributed by atoms with Crippen LogP contribution < -0.4 is 16.5 Å². The number of ether oxygens (including phenoxy) is 1. The van der Waals surface area contributed by atoms with Crippen LogP contribution in [0.5, 0.6) is 0 Å². The van der Waals surface area contributed by atoms with Gasteiger partial charge in [-0.05, 0) is 143 Å². The Labute approximate surface area is 382 Å². The molecule has 66 heavy (non-hydrogen) atoms. The summed E-state index contributed by atoms with van der Waals surface area (Å²) in [5.74, 6) is 0.753. The maximum Gasteiger partial charge on any atom is 0.427 e. The Morgan fingerprint density at radius 2 is 1.71 bits per heavy atom. The molecule has 3 aromatic carbocycles. The Balaban J connectivity index is 1.04. The summed E-state index contributed by atoms with van der Waals surface area (Å²) < 4.78 is 45.4. The van der Waals surface area contributed by atoms with Crippen LogP contribution in [0.3, 0.4) is 0 Å². The second-order valence-corrected chi connectivity index (χ2v) is 22.2. The minimum Gasteiger partial charge on any atom is -0.376 e. The highest BCUT2D eigenvalue weighted by Crippen LogP contribution is 2.55.